The number of carbonyl (C=O) groups excluding carboxylic acids is 2. The first-order valence-corrected chi connectivity index (χ1v) is 5.10. The van der Waals surface area contributed by atoms with Gasteiger partial charge >= 0.3 is 11.9 Å². The standard InChI is InChI=1S/C10H16O5/c1-7-6-8(2-4-11)10(13)14-5-3-9(12)15-7/h7-8,11H,2-6H2,1H3. The highest BCUT2D eigenvalue weighted by Gasteiger charge is 2.25. The van der Waals surface area contributed by atoms with E-state index in [1.165, 1.54) is 0 Å². The van der Waals surface area contributed by atoms with Gasteiger partial charge in [0, 0.05) is 6.61 Å². The number of ether oxygens (including phenoxy) is 2. The molecule has 5 nitrogen and oxygen atoms in total. The summed E-state index contributed by atoms with van der Waals surface area (Å²) in [5.41, 5.74) is 0. The van der Waals surface area contributed by atoms with Crippen LogP contribution in [-0.4, -0.2) is 36.4 Å². The second kappa shape index (κ2) is 5.70. The fourth-order valence-corrected chi connectivity index (χ4v) is 1.57. The van der Waals surface area contributed by atoms with Gasteiger partial charge in [-0.3, -0.25) is 9.59 Å². The summed E-state index contributed by atoms with van der Waals surface area (Å²) >= 11 is 0. The van der Waals surface area contributed by atoms with Crippen molar-refractivity contribution >= 4 is 11.9 Å². The highest BCUT2D eigenvalue weighted by atomic mass is 16.6. The molecule has 1 rings (SSSR count). The Morgan fingerprint density at radius 1 is 1.47 bits per heavy atom. The summed E-state index contributed by atoms with van der Waals surface area (Å²) in [6.45, 7) is 1.73. The predicted octanol–water partition coefficient (Wildman–Crippen LogP) is 0.254. The van der Waals surface area contributed by atoms with E-state index in [-0.39, 0.29) is 43.6 Å². The molecule has 86 valence electrons. The third-order valence-corrected chi connectivity index (χ3v) is 2.31. The van der Waals surface area contributed by atoms with Crippen LogP contribution < -0.4 is 0 Å². The first-order valence-electron chi connectivity index (χ1n) is 5.10. The van der Waals surface area contributed by atoms with Crippen LogP contribution in [-0.2, 0) is 19.1 Å². The molecule has 1 heterocycles. The SMILES string of the molecule is CC1CC(CCO)C(=O)OCCC(=O)O1. The highest BCUT2D eigenvalue weighted by Crippen LogP contribution is 2.17. The van der Waals surface area contributed by atoms with Crippen LogP contribution in [0.5, 0.6) is 0 Å². The zero-order chi connectivity index (χ0) is 11.3. The average Bonchev–Trinajstić information content (AvgIpc) is 2.20. The summed E-state index contributed by atoms with van der Waals surface area (Å²) in [7, 11) is 0. The number of hydrogen-bond acceptors (Lipinski definition) is 5. The molecule has 0 amide bonds. The van der Waals surface area contributed by atoms with E-state index >= 15 is 0 Å². The molecule has 0 aromatic heterocycles. The van der Waals surface area contributed by atoms with Crippen LogP contribution in [0.15, 0.2) is 0 Å². The average molecular weight is 216 g/mol. The maximum Gasteiger partial charge on any atom is 0.309 e. The van der Waals surface area contributed by atoms with Gasteiger partial charge in [-0.15, -0.1) is 0 Å². The Hall–Kier alpha value is -1.10. The van der Waals surface area contributed by atoms with Crippen LogP contribution in [0.4, 0.5) is 0 Å². The lowest BCUT2D eigenvalue weighted by atomic mass is 9.99. The molecule has 0 spiro atoms. The summed E-state index contributed by atoms with van der Waals surface area (Å²) in [6, 6.07) is 0. The Labute approximate surface area is 88.4 Å². The Morgan fingerprint density at radius 3 is 2.87 bits per heavy atom. The molecule has 0 saturated carbocycles. The molecule has 2 unspecified atom stereocenters. The summed E-state index contributed by atoms with van der Waals surface area (Å²) in [5, 5.41) is 8.79. The number of cyclic esters (lactones) is 2. The van der Waals surface area contributed by atoms with Gasteiger partial charge in [-0.05, 0) is 19.8 Å². The van der Waals surface area contributed by atoms with Gasteiger partial charge in [-0.1, -0.05) is 0 Å². The number of aliphatic hydroxyl groups excluding tert-OH is 1. The van der Waals surface area contributed by atoms with Gasteiger partial charge in [0.1, 0.15) is 6.61 Å². The quantitative estimate of drug-likeness (QED) is 0.670. The Morgan fingerprint density at radius 2 is 2.20 bits per heavy atom. The molecular formula is C10H16O5. The van der Waals surface area contributed by atoms with Gasteiger partial charge in [0.2, 0.25) is 0 Å². The number of carbonyl (C=O) groups is 2. The van der Waals surface area contributed by atoms with Gasteiger partial charge < -0.3 is 14.6 Å². The number of aliphatic hydroxyl groups is 1. The van der Waals surface area contributed by atoms with Crippen LogP contribution >= 0.6 is 0 Å². The van der Waals surface area contributed by atoms with E-state index in [1.54, 1.807) is 6.92 Å². The van der Waals surface area contributed by atoms with E-state index < -0.39 is 0 Å². The molecule has 0 aromatic rings. The van der Waals surface area contributed by atoms with Crippen molar-refractivity contribution in [3.63, 3.8) is 0 Å². The maximum absolute atomic E-state index is 11.5. The van der Waals surface area contributed by atoms with Crippen LogP contribution in [0, 0.1) is 5.92 Å². The second-order valence-corrected chi connectivity index (χ2v) is 3.66. The molecule has 2 atom stereocenters. The smallest absolute Gasteiger partial charge is 0.309 e. The van der Waals surface area contributed by atoms with E-state index in [2.05, 4.69) is 0 Å². The molecule has 1 saturated heterocycles. The Bertz CT molecular complexity index is 238. The van der Waals surface area contributed by atoms with Gasteiger partial charge in [0.25, 0.3) is 0 Å². The maximum atomic E-state index is 11.5. The topological polar surface area (TPSA) is 72.8 Å². The van der Waals surface area contributed by atoms with E-state index in [4.69, 9.17) is 14.6 Å². The normalized spacial score (nSPS) is 28.4. The van der Waals surface area contributed by atoms with Crippen molar-refractivity contribution in [1.29, 1.82) is 0 Å². The lowest BCUT2D eigenvalue weighted by molar-refractivity contribution is -0.149. The molecule has 15 heavy (non-hydrogen) atoms. The zero-order valence-corrected chi connectivity index (χ0v) is 8.77. The molecule has 0 radical (unpaired) electrons. The summed E-state index contributed by atoms with van der Waals surface area (Å²) in [5.74, 6) is -1.08. The number of hydrogen-bond donors (Lipinski definition) is 1. The van der Waals surface area contributed by atoms with Crippen molar-refractivity contribution in [2.24, 2.45) is 5.92 Å². The van der Waals surface area contributed by atoms with Crippen molar-refractivity contribution in [3.8, 4) is 0 Å². The van der Waals surface area contributed by atoms with Crippen molar-refractivity contribution < 1.29 is 24.2 Å². The lowest BCUT2D eigenvalue weighted by Crippen LogP contribution is -2.23. The molecule has 0 aromatic carbocycles. The van der Waals surface area contributed by atoms with Crippen LogP contribution in [0.25, 0.3) is 0 Å². The molecule has 1 fully saturated rings. The van der Waals surface area contributed by atoms with Crippen molar-refractivity contribution in [1.82, 2.24) is 0 Å². The molecule has 1 aliphatic heterocycles. The molecule has 0 aliphatic carbocycles. The van der Waals surface area contributed by atoms with Crippen LogP contribution in [0.3, 0.4) is 0 Å². The molecule has 1 N–H and O–H groups in total. The van der Waals surface area contributed by atoms with Gasteiger partial charge in [-0.25, -0.2) is 0 Å². The van der Waals surface area contributed by atoms with Crippen LogP contribution in [0.1, 0.15) is 26.2 Å². The molecular weight excluding hydrogens is 200 g/mol. The summed E-state index contributed by atoms with van der Waals surface area (Å²) in [6.07, 6.45) is 0.549. The monoisotopic (exact) mass is 216 g/mol. The minimum absolute atomic E-state index is 0.0618. The fourth-order valence-electron chi connectivity index (χ4n) is 1.57. The third kappa shape index (κ3) is 3.87. The third-order valence-electron chi connectivity index (χ3n) is 2.31. The number of esters is 2. The molecule has 5 heteroatoms. The highest BCUT2D eigenvalue weighted by molar-refractivity contribution is 5.74. The van der Waals surface area contributed by atoms with E-state index in [0.29, 0.717) is 12.8 Å². The Kier molecular flexibility index (Phi) is 4.55. The van der Waals surface area contributed by atoms with Crippen LogP contribution in [0.2, 0.25) is 0 Å². The fraction of sp³-hybridized carbons (Fsp3) is 0.800. The summed E-state index contributed by atoms with van der Waals surface area (Å²) in [4.78, 5) is 22.6. The largest absolute Gasteiger partial charge is 0.465 e. The minimum Gasteiger partial charge on any atom is -0.465 e. The van der Waals surface area contributed by atoms with E-state index in [0.717, 1.165) is 0 Å². The molecule has 1 aliphatic rings. The van der Waals surface area contributed by atoms with Crippen molar-refractivity contribution in [2.45, 2.75) is 32.3 Å². The van der Waals surface area contributed by atoms with E-state index in [1.807, 2.05) is 0 Å². The predicted molar refractivity (Wildman–Crippen MR) is 50.9 cm³/mol. The van der Waals surface area contributed by atoms with Gasteiger partial charge in [-0.2, -0.15) is 0 Å². The van der Waals surface area contributed by atoms with Crippen molar-refractivity contribution in [3.05, 3.63) is 0 Å². The first kappa shape index (κ1) is 12.0. The van der Waals surface area contributed by atoms with Gasteiger partial charge in [0.15, 0.2) is 0 Å². The van der Waals surface area contributed by atoms with E-state index in [9.17, 15) is 9.59 Å². The van der Waals surface area contributed by atoms with Crippen molar-refractivity contribution in [2.75, 3.05) is 13.2 Å². The second-order valence-electron chi connectivity index (χ2n) is 3.66. The van der Waals surface area contributed by atoms with Gasteiger partial charge in [0.05, 0.1) is 18.4 Å². The first-order chi connectivity index (χ1) is 7.13. The lowest BCUT2D eigenvalue weighted by Gasteiger charge is -2.16. The zero-order valence-electron chi connectivity index (χ0n) is 8.77. The summed E-state index contributed by atoms with van der Waals surface area (Å²) < 4.78 is 9.94. The minimum atomic E-state index is -0.379. The Balaban J connectivity index is 2.62. The number of rotatable bonds is 2. The molecule has 0 bridgehead atoms.